The van der Waals surface area contributed by atoms with Gasteiger partial charge in [0.15, 0.2) is 5.78 Å². The minimum atomic E-state index is -0.440. The van der Waals surface area contributed by atoms with Crippen molar-refractivity contribution in [1.82, 2.24) is 0 Å². The van der Waals surface area contributed by atoms with Gasteiger partial charge in [-0.1, -0.05) is 23.2 Å². The van der Waals surface area contributed by atoms with Crippen LogP contribution in [0.3, 0.4) is 0 Å². The fraction of sp³-hybridized carbons (Fsp3) is 0. The molecule has 98 valence electrons. The Balaban J connectivity index is 2.47. The number of nitrogen functional groups attached to an aromatic ring is 1. The summed E-state index contributed by atoms with van der Waals surface area (Å²) < 4.78 is 13.3. The third-order valence-corrected chi connectivity index (χ3v) is 3.92. The van der Waals surface area contributed by atoms with E-state index in [4.69, 9.17) is 28.9 Å². The van der Waals surface area contributed by atoms with Gasteiger partial charge in [0, 0.05) is 11.1 Å². The number of hydrogen-bond acceptors (Lipinski definition) is 2. The van der Waals surface area contributed by atoms with Crippen molar-refractivity contribution in [2.24, 2.45) is 0 Å². The molecule has 2 aromatic carbocycles. The average molecular weight is 363 g/mol. The van der Waals surface area contributed by atoms with Gasteiger partial charge in [0.05, 0.1) is 20.2 Å². The lowest BCUT2D eigenvalue weighted by Crippen LogP contribution is -2.03. The van der Waals surface area contributed by atoms with Crippen LogP contribution in [0.2, 0.25) is 10.0 Å². The maximum absolute atomic E-state index is 13.1. The zero-order valence-electron chi connectivity index (χ0n) is 9.38. The molecule has 0 radical (unpaired) electrons. The predicted octanol–water partition coefficient (Wildman–Crippen LogP) is 4.71. The van der Waals surface area contributed by atoms with E-state index in [0.29, 0.717) is 11.1 Å². The van der Waals surface area contributed by atoms with E-state index in [-0.39, 0.29) is 26.0 Å². The third kappa shape index (κ3) is 2.91. The first-order valence-electron chi connectivity index (χ1n) is 5.14. The summed E-state index contributed by atoms with van der Waals surface area (Å²) in [5.41, 5.74) is 6.50. The van der Waals surface area contributed by atoms with E-state index in [0.717, 1.165) is 0 Å². The van der Waals surface area contributed by atoms with E-state index in [9.17, 15) is 9.18 Å². The predicted molar refractivity (Wildman–Crippen MR) is 78.4 cm³/mol. The molecule has 0 aliphatic rings. The Kier molecular flexibility index (Phi) is 4.13. The molecule has 0 aliphatic heterocycles. The fourth-order valence-electron chi connectivity index (χ4n) is 1.55. The molecule has 2 N–H and O–H groups in total. The zero-order valence-corrected chi connectivity index (χ0v) is 12.5. The lowest BCUT2D eigenvalue weighted by molar-refractivity contribution is 0.103. The van der Waals surface area contributed by atoms with Gasteiger partial charge in [0.2, 0.25) is 0 Å². The molecule has 0 aromatic heterocycles. The van der Waals surface area contributed by atoms with Gasteiger partial charge in [-0.25, -0.2) is 4.39 Å². The molecule has 0 amide bonds. The quantitative estimate of drug-likeness (QED) is 0.621. The summed E-state index contributed by atoms with van der Waals surface area (Å²) in [5, 5.41) is 0.407. The van der Waals surface area contributed by atoms with Crippen LogP contribution in [0.4, 0.5) is 10.1 Å². The van der Waals surface area contributed by atoms with Crippen molar-refractivity contribution in [3.63, 3.8) is 0 Å². The Morgan fingerprint density at radius 3 is 2.42 bits per heavy atom. The Labute approximate surface area is 127 Å². The van der Waals surface area contributed by atoms with Gasteiger partial charge in [0.25, 0.3) is 0 Å². The SMILES string of the molecule is Nc1cc(C(=O)c2ccc(F)c(Br)c2)cc(Cl)c1Cl. The van der Waals surface area contributed by atoms with Gasteiger partial charge in [-0.2, -0.15) is 0 Å². The molecule has 0 atom stereocenters. The maximum Gasteiger partial charge on any atom is 0.193 e. The van der Waals surface area contributed by atoms with Crippen molar-refractivity contribution in [2.75, 3.05) is 5.73 Å². The monoisotopic (exact) mass is 361 g/mol. The number of nitrogens with two attached hydrogens (primary N) is 1. The molecule has 2 nitrogen and oxygen atoms in total. The third-order valence-electron chi connectivity index (χ3n) is 2.50. The summed E-state index contributed by atoms with van der Waals surface area (Å²) in [7, 11) is 0. The zero-order chi connectivity index (χ0) is 14.2. The van der Waals surface area contributed by atoms with E-state index in [1.807, 2.05) is 0 Å². The summed E-state index contributed by atoms with van der Waals surface area (Å²) in [4.78, 5) is 12.2. The van der Waals surface area contributed by atoms with Gasteiger partial charge in [-0.15, -0.1) is 0 Å². The van der Waals surface area contributed by atoms with Crippen LogP contribution in [-0.4, -0.2) is 5.78 Å². The first kappa shape index (κ1) is 14.3. The van der Waals surface area contributed by atoms with Gasteiger partial charge in [0.1, 0.15) is 5.82 Å². The fourth-order valence-corrected chi connectivity index (χ4v) is 2.26. The van der Waals surface area contributed by atoms with Crippen LogP contribution in [0.25, 0.3) is 0 Å². The van der Waals surface area contributed by atoms with Gasteiger partial charge in [-0.3, -0.25) is 4.79 Å². The smallest absolute Gasteiger partial charge is 0.193 e. The number of anilines is 1. The first-order valence-corrected chi connectivity index (χ1v) is 6.69. The van der Waals surface area contributed by atoms with Crippen LogP contribution < -0.4 is 5.73 Å². The number of carbonyl (C=O) groups excluding carboxylic acids is 1. The van der Waals surface area contributed by atoms with Gasteiger partial charge < -0.3 is 5.73 Å². The molecule has 0 aliphatic carbocycles. The first-order chi connectivity index (χ1) is 8.90. The largest absolute Gasteiger partial charge is 0.397 e. The molecule has 0 bridgehead atoms. The second-order valence-corrected chi connectivity index (χ2v) is 5.46. The molecule has 0 spiro atoms. The van der Waals surface area contributed by atoms with Crippen LogP contribution in [0.5, 0.6) is 0 Å². The van der Waals surface area contributed by atoms with Crippen LogP contribution >= 0.6 is 39.1 Å². The molecule has 19 heavy (non-hydrogen) atoms. The molecule has 0 fully saturated rings. The Morgan fingerprint density at radius 2 is 1.84 bits per heavy atom. The molecule has 2 aromatic rings. The van der Waals surface area contributed by atoms with Crippen LogP contribution in [0, 0.1) is 5.82 Å². The molecular weight excluding hydrogens is 356 g/mol. The van der Waals surface area contributed by atoms with E-state index < -0.39 is 5.82 Å². The van der Waals surface area contributed by atoms with E-state index in [1.54, 1.807) is 0 Å². The Hall–Kier alpha value is -1.10. The summed E-state index contributed by atoms with van der Waals surface area (Å²) in [6.07, 6.45) is 0. The van der Waals surface area contributed by atoms with Crippen molar-refractivity contribution in [3.05, 3.63) is 61.8 Å². The topological polar surface area (TPSA) is 43.1 Å². The Bertz CT molecular complexity index is 653. The second kappa shape index (κ2) is 5.49. The Morgan fingerprint density at radius 1 is 1.16 bits per heavy atom. The number of rotatable bonds is 2. The minimum Gasteiger partial charge on any atom is -0.397 e. The lowest BCUT2D eigenvalue weighted by Gasteiger charge is -2.06. The van der Waals surface area contributed by atoms with Crippen molar-refractivity contribution < 1.29 is 9.18 Å². The molecule has 2 rings (SSSR count). The number of ketones is 1. The summed E-state index contributed by atoms with van der Waals surface area (Å²) in [6, 6.07) is 6.86. The standard InChI is InChI=1S/C13H7BrCl2FNO/c14-8-3-6(1-2-10(8)17)13(19)7-4-9(15)12(16)11(18)5-7/h1-5H,18H2. The van der Waals surface area contributed by atoms with E-state index in [1.165, 1.54) is 30.3 Å². The maximum atomic E-state index is 13.1. The summed E-state index contributed by atoms with van der Waals surface area (Å²) in [5.74, 6) is -0.754. The average Bonchev–Trinajstić information content (AvgIpc) is 2.37. The highest BCUT2D eigenvalue weighted by atomic mass is 79.9. The summed E-state index contributed by atoms with van der Waals surface area (Å²) in [6.45, 7) is 0. The second-order valence-electron chi connectivity index (χ2n) is 3.82. The van der Waals surface area contributed by atoms with Crippen molar-refractivity contribution in [3.8, 4) is 0 Å². The van der Waals surface area contributed by atoms with Crippen molar-refractivity contribution in [1.29, 1.82) is 0 Å². The molecular formula is C13H7BrCl2FNO. The molecule has 0 unspecified atom stereocenters. The van der Waals surface area contributed by atoms with E-state index >= 15 is 0 Å². The minimum absolute atomic E-state index is 0.200. The normalized spacial score (nSPS) is 10.5. The van der Waals surface area contributed by atoms with Gasteiger partial charge >= 0.3 is 0 Å². The number of halogens is 4. The number of hydrogen-bond donors (Lipinski definition) is 1. The van der Waals surface area contributed by atoms with Crippen LogP contribution in [-0.2, 0) is 0 Å². The molecule has 0 heterocycles. The molecule has 6 heteroatoms. The highest BCUT2D eigenvalue weighted by molar-refractivity contribution is 9.10. The lowest BCUT2D eigenvalue weighted by atomic mass is 10.0. The van der Waals surface area contributed by atoms with Crippen molar-refractivity contribution >= 4 is 50.6 Å². The molecule has 0 saturated carbocycles. The highest BCUT2D eigenvalue weighted by Gasteiger charge is 2.14. The molecule has 0 saturated heterocycles. The summed E-state index contributed by atoms with van der Waals surface area (Å²) >= 11 is 14.7. The van der Waals surface area contributed by atoms with Crippen molar-refractivity contribution in [2.45, 2.75) is 0 Å². The van der Waals surface area contributed by atoms with Crippen LogP contribution in [0.15, 0.2) is 34.8 Å². The number of benzene rings is 2. The van der Waals surface area contributed by atoms with Gasteiger partial charge in [-0.05, 0) is 46.3 Å². The van der Waals surface area contributed by atoms with E-state index in [2.05, 4.69) is 15.9 Å². The highest BCUT2D eigenvalue weighted by Crippen LogP contribution is 2.30. The van der Waals surface area contributed by atoms with Crippen LogP contribution in [0.1, 0.15) is 15.9 Å². The number of carbonyl (C=O) groups is 1.